The van der Waals surface area contributed by atoms with E-state index in [4.69, 9.17) is 4.74 Å². The van der Waals surface area contributed by atoms with Gasteiger partial charge < -0.3 is 26.6 Å². The predicted octanol–water partition coefficient (Wildman–Crippen LogP) is -1.96. The van der Waals surface area contributed by atoms with Gasteiger partial charge in [0.25, 0.3) is 6.33 Å². The van der Waals surface area contributed by atoms with Crippen molar-refractivity contribution in [3.05, 3.63) is 41.4 Å². The first-order valence-corrected chi connectivity index (χ1v) is 7.38. The molecule has 0 saturated heterocycles. The van der Waals surface area contributed by atoms with E-state index >= 15 is 0 Å². The van der Waals surface area contributed by atoms with Crippen LogP contribution in [0, 0.1) is 0 Å². The molecule has 0 aliphatic carbocycles. The van der Waals surface area contributed by atoms with Crippen LogP contribution in [-0.4, -0.2) is 29.0 Å². The molecule has 23 heavy (non-hydrogen) atoms. The molecule has 2 heterocycles. The van der Waals surface area contributed by atoms with Crippen LogP contribution in [0.4, 0.5) is 0 Å². The Morgan fingerprint density at radius 3 is 3.00 bits per heavy atom. The molecule has 1 aliphatic rings. The molecule has 0 spiro atoms. The van der Waals surface area contributed by atoms with Crippen LogP contribution in [0.15, 0.2) is 30.6 Å². The summed E-state index contributed by atoms with van der Waals surface area (Å²) in [6.07, 6.45) is 3.75. The topological polar surface area (TPSA) is 56.6 Å². The molecule has 0 atom stereocenters. The van der Waals surface area contributed by atoms with Crippen molar-refractivity contribution >= 4 is 34.0 Å². The fraction of sp³-hybridized carbons (Fsp3) is 0.235. The lowest BCUT2D eigenvalue weighted by Gasteiger charge is -2.24. The summed E-state index contributed by atoms with van der Waals surface area (Å²) in [6.45, 7) is 3.21. The Hall–Kier alpha value is -2.21. The maximum atomic E-state index is 11.7. The number of nitrogens with zero attached hydrogens (tertiary/aromatic N) is 2. The fourth-order valence-corrected chi connectivity index (χ4v) is 3.15. The van der Waals surface area contributed by atoms with Gasteiger partial charge in [-0.25, -0.2) is 4.98 Å². The molecule has 118 valence electrons. The summed E-state index contributed by atoms with van der Waals surface area (Å²) in [5.41, 5.74) is 3.28. The second kappa shape index (κ2) is 6.12. The molecule has 1 N–H and O–H groups in total. The van der Waals surface area contributed by atoms with E-state index in [1.807, 2.05) is 24.1 Å². The van der Waals surface area contributed by atoms with E-state index in [-0.39, 0.29) is 29.5 Å². The van der Waals surface area contributed by atoms with E-state index in [1.54, 1.807) is 6.33 Å². The molecule has 0 amide bonds. The number of carbonyl (C=O) groups is 1. The zero-order chi connectivity index (χ0) is 15.1. The van der Waals surface area contributed by atoms with E-state index in [9.17, 15) is 4.79 Å². The lowest BCUT2D eigenvalue weighted by molar-refractivity contribution is -0.349. The Morgan fingerprint density at radius 2 is 2.17 bits per heavy atom. The van der Waals surface area contributed by atoms with E-state index in [0.29, 0.717) is 13.2 Å². The Morgan fingerprint density at radius 1 is 1.30 bits per heavy atom. The second-order valence-electron chi connectivity index (χ2n) is 5.44. The summed E-state index contributed by atoms with van der Waals surface area (Å²) in [5.74, 6) is -0.195. The van der Waals surface area contributed by atoms with E-state index in [1.165, 1.54) is 10.9 Å². The zero-order valence-electron chi connectivity index (χ0n) is 12.7. The van der Waals surface area contributed by atoms with Gasteiger partial charge in [0.05, 0.1) is 12.0 Å². The third-order valence-electron chi connectivity index (χ3n) is 4.01. The third-order valence-corrected chi connectivity index (χ3v) is 4.01. The van der Waals surface area contributed by atoms with Gasteiger partial charge in [0.15, 0.2) is 5.52 Å². The molecular weight excluding hydrogens is 358 g/mol. The van der Waals surface area contributed by atoms with E-state index in [0.717, 1.165) is 21.6 Å². The van der Waals surface area contributed by atoms with Crippen molar-refractivity contribution in [3.8, 4) is 0 Å². The Kier molecular flexibility index (Phi) is 4.17. The maximum absolute atomic E-state index is 11.7. The van der Waals surface area contributed by atoms with Gasteiger partial charge in [0, 0.05) is 18.1 Å². The van der Waals surface area contributed by atoms with Gasteiger partial charge in [-0.1, -0.05) is 6.07 Å². The van der Waals surface area contributed by atoms with Gasteiger partial charge >= 0.3 is 5.97 Å². The van der Waals surface area contributed by atoms with Crippen LogP contribution >= 0.6 is 0 Å². The predicted molar refractivity (Wildman–Crippen MR) is 82.5 cm³/mol. The van der Waals surface area contributed by atoms with Gasteiger partial charge in [0.1, 0.15) is 12.1 Å². The van der Waals surface area contributed by atoms with Gasteiger partial charge in [-0.15, -0.1) is 0 Å². The monoisotopic (exact) mass is 373 g/mol. The number of aromatic nitrogens is 2. The number of carbonyl (C=O) groups excluding carboxylic acids is 1. The average Bonchev–Trinajstić information content (AvgIpc) is 2.52. The zero-order valence-corrected chi connectivity index (χ0v) is 14.3. The van der Waals surface area contributed by atoms with Crippen molar-refractivity contribution in [2.45, 2.75) is 13.5 Å². The lowest BCUT2D eigenvalue weighted by atomic mass is 9.98. The van der Waals surface area contributed by atoms with E-state index < -0.39 is 0 Å². The fourth-order valence-electron chi connectivity index (χ4n) is 3.15. The molecule has 0 fully saturated rings. The first kappa shape index (κ1) is 15.7. The molecule has 1 aromatic heterocycles. The SMILES string of the molecule is CCOC(=O)CN1C=c2ccc3nc[nH+]c4ccc(c2c34)C1.[Br-]. The molecule has 5 nitrogen and oxygen atoms in total. The smallest absolute Gasteiger partial charge is 0.325 e. The van der Waals surface area contributed by atoms with Crippen molar-refractivity contribution in [2.24, 2.45) is 0 Å². The van der Waals surface area contributed by atoms with Crippen molar-refractivity contribution in [2.75, 3.05) is 13.2 Å². The Bertz CT molecular complexity index is 926. The van der Waals surface area contributed by atoms with Crippen LogP contribution < -0.4 is 27.2 Å². The highest BCUT2D eigenvalue weighted by molar-refractivity contribution is 6.07. The standard InChI is InChI=1S/C17H15N3O2.BrH/c1-2-22-15(21)9-20-7-11-3-5-13-17-14(19-10-18-13)6-4-12(8-20)16(11)17;/h3-7,10H,2,8-9H2,1H3;1H. The molecule has 0 unspecified atom stereocenters. The van der Waals surface area contributed by atoms with Gasteiger partial charge in [0.2, 0.25) is 0 Å². The largest absolute Gasteiger partial charge is 1.00 e. The minimum atomic E-state index is -0.195. The number of hydrogen-bond acceptors (Lipinski definition) is 4. The molecule has 3 aromatic rings. The van der Waals surface area contributed by atoms with E-state index in [2.05, 4.69) is 28.2 Å². The lowest BCUT2D eigenvalue weighted by Crippen LogP contribution is -3.00. The number of halogens is 1. The van der Waals surface area contributed by atoms with Crippen molar-refractivity contribution < 1.29 is 31.5 Å². The highest BCUT2D eigenvalue weighted by Crippen LogP contribution is 2.25. The summed E-state index contributed by atoms with van der Waals surface area (Å²) < 4.78 is 5.04. The number of hydrogen-bond donors (Lipinski definition) is 0. The molecule has 4 rings (SSSR count). The Labute approximate surface area is 143 Å². The number of nitrogens with one attached hydrogen (secondary N) is 1. The molecule has 6 heteroatoms. The normalized spacial score (nSPS) is 12.8. The van der Waals surface area contributed by atoms with Crippen molar-refractivity contribution in [1.82, 2.24) is 9.88 Å². The van der Waals surface area contributed by atoms with Crippen molar-refractivity contribution in [1.29, 1.82) is 0 Å². The third kappa shape index (κ3) is 2.63. The minimum Gasteiger partial charge on any atom is -1.00 e. The highest BCUT2D eigenvalue weighted by atomic mass is 79.9. The van der Waals surface area contributed by atoms with Crippen LogP contribution in [0.25, 0.3) is 28.0 Å². The number of esters is 1. The number of aromatic amines is 1. The summed E-state index contributed by atoms with van der Waals surface area (Å²) in [7, 11) is 0. The number of benzene rings is 2. The summed E-state index contributed by atoms with van der Waals surface area (Å²) in [5, 5.41) is 3.49. The van der Waals surface area contributed by atoms with Gasteiger partial charge in [-0.05, 0) is 40.9 Å². The summed E-state index contributed by atoms with van der Waals surface area (Å²) in [4.78, 5) is 21.3. The minimum absolute atomic E-state index is 0. The Balaban J connectivity index is 0.00000156. The molecule has 0 saturated carbocycles. The summed E-state index contributed by atoms with van der Waals surface area (Å²) in [6, 6.07) is 8.27. The van der Waals surface area contributed by atoms with Crippen LogP contribution in [0.5, 0.6) is 0 Å². The van der Waals surface area contributed by atoms with Crippen LogP contribution in [0.2, 0.25) is 0 Å². The molecule has 2 aromatic carbocycles. The molecular formula is C17H16BrN3O2. The number of rotatable bonds is 3. The summed E-state index contributed by atoms with van der Waals surface area (Å²) >= 11 is 0. The molecule has 1 aliphatic heterocycles. The van der Waals surface area contributed by atoms with Crippen molar-refractivity contribution in [3.63, 3.8) is 0 Å². The number of H-pyrrole nitrogens is 1. The number of ether oxygens (including phenoxy) is 1. The molecule has 0 radical (unpaired) electrons. The van der Waals surface area contributed by atoms with Gasteiger partial charge in [-0.2, -0.15) is 0 Å². The first-order valence-electron chi connectivity index (χ1n) is 7.38. The highest BCUT2D eigenvalue weighted by Gasteiger charge is 2.19. The van der Waals surface area contributed by atoms with Gasteiger partial charge in [-0.3, -0.25) is 4.79 Å². The molecule has 0 bridgehead atoms. The van der Waals surface area contributed by atoms with Crippen LogP contribution in [0.1, 0.15) is 12.5 Å². The quantitative estimate of drug-likeness (QED) is 0.500. The first-order chi connectivity index (χ1) is 10.8. The average molecular weight is 374 g/mol. The van der Waals surface area contributed by atoms with Crippen LogP contribution in [0.3, 0.4) is 0 Å². The maximum Gasteiger partial charge on any atom is 0.325 e. The second-order valence-corrected chi connectivity index (χ2v) is 5.44. The van der Waals surface area contributed by atoms with Crippen LogP contribution in [-0.2, 0) is 16.1 Å².